The van der Waals surface area contributed by atoms with E-state index >= 15 is 0 Å². The molecule has 1 aliphatic carbocycles. The van der Waals surface area contributed by atoms with Crippen molar-refractivity contribution in [3.8, 4) is 0 Å². The van der Waals surface area contributed by atoms with Crippen LogP contribution in [0.4, 0.5) is 0 Å². The number of hydrogen-bond acceptors (Lipinski definition) is 3. The highest BCUT2D eigenvalue weighted by Gasteiger charge is 2.37. The van der Waals surface area contributed by atoms with E-state index in [1.807, 2.05) is 0 Å². The van der Waals surface area contributed by atoms with Crippen molar-refractivity contribution >= 4 is 5.91 Å². The molecule has 1 saturated carbocycles. The molecule has 2 aliphatic rings. The SMILES string of the molecule is C=CCNC(=O)CN1CCCC1C1CCCCC1O. The van der Waals surface area contributed by atoms with Crippen LogP contribution in [0.15, 0.2) is 12.7 Å². The van der Waals surface area contributed by atoms with Gasteiger partial charge in [-0.3, -0.25) is 9.69 Å². The van der Waals surface area contributed by atoms with Gasteiger partial charge in [0.05, 0.1) is 12.6 Å². The summed E-state index contributed by atoms with van der Waals surface area (Å²) in [6.07, 6.45) is 8.19. The van der Waals surface area contributed by atoms with Crippen molar-refractivity contribution in [1.29, 1.82) is 0 Å². The van der Waals surface area contributed by atoms with Crippen molar-refractivity contribution in [2.45, 2.75) is 50.7 Å². The predicted molar refractivity (Wildman–Crippen MR) is 75.8 cm³/mol. The Morgan fingerprint density at radius 3 is 2.84 bits per heavy atom. The molecule has 0 aromatic carbocycles. The summed E-state index contributed by atoms with van der Waals surface area (Å²) in [6, 6.07) is 0.393. The Bertz CT molecular complexity index is 319. The van der Waals surface area contributed by atoms with E-state index in [-0.39, 0.29) is 12.0 Å². The maximum atomic E-state index is 11.8. The first kappa shape index (κ1) is 14.5. The zero-order valence-electron chi connectivity index (χ0n) is 11.7. The van der Waals surface area contributed by atoms with Gasteiger partial charge in [-0.1, -0.05) is 18.9 Å². The van der Waals surface area contributed by atoms with E-state index in [9.17, 15) is 9.90 Å². The maximum Gasteiger partial charge on any atom is 0.234 e. The molecule has 0 aromatic heterocycles. The summed E-state index contributed by atoms with van der Waals surface area (Å²) >= 11 is 0. The summed E-state index contributed by atoms with van der Waals surface area (Å²) in [6.45, 7) is 5.57. The number of nitrogens with one attached hydrogen (secondary N) is 1. The number of amides is 1. The van der Waals surface area contributed by atoms with Crippen LogP contribution in [0.3, 0.4) is 0 Å². The first-order valence-corrected chi connectivity index (χ1v) is 7.52. The standard InChI is InChI=1S/C15H26N2O2/c1-2-9-16-15(19)11-17-10-5-7-13(17)12-6-3-4-8-14(12)18/h2,12-14,18H,1,3-11H2,(H,16,19). The number of aliphatic hydroxyl groups is 1. The molecule has 1 aliphatic heterocycles. The predicted octanol–water partition coefficient (Wildman–Crippen LogP) is 1.30. The number of rotatable bonds is 5. The minimum Gasteiger partial charge on any atom is -0.393 e. The van der Waals surface area contributed by atoms with Gasteiger partial charge >= 0.3 is 0 Å². The van der Waals surface area contributed by atoms with Crippen molar-refractivity contribution in [1.82, 2.24) is 10.2 Å². The minimum absolute atomic E-state index is 0.0668. The van der Waals surface area contributed by atoms with Crippen molar-refractivity contribution in [2.24, 2.45) is 5.92 Å². The summed E-state index contributed by atoms with van der Waals surface area (Å²) in [5, 5.41) is 13.0. The van der Waals surface area contributed by atoms with Crippen LogP contribution in [-0.4, -0.2) is 47.7 Å². The number of carbonyl (C=O) groups is 1. The molecule has 1 saturated heterocycles. The molecule has 108 valence electrons. The average molecular weight is 266 g/mol. The van der Waals surface area contributed by atoms with Crippen LogP contribution in [0, 0.1) is 5.92 Å². The van der Waals surface area contributed by atoms with Gasteiger partial charge in [0.1, 0.15) is 0 Å². The number of hydrogen-bond donors (Lipinski definition) is 2. The first-order chi connectivity index (χ1) is 9.22. The van der Waals surface area contributed by atoms with Crippen molar-refractivity contribution in [3.63, 3.8) is 0 Å². The highest BCUT2D eigenvalue weighted by molar-refractivity contribution is 5.78. The van der Waals surface area contributed by atoms with Crippen LogP contribution in [0.25, 0.3) is 0 Å². The second kappa shape index (κ2) is 7.06. The van der Waals surface area contributed by atoms with E-state index in [2.05, 4.69) is 16.8 Å². The summed E-state index contributed by atoms with van der Waals surface area (Å²) in [4.78, 5) is 14.1. The molecule has 0 spiro atoms. The molecule has 2 N–H and O–H groups in total. The van der Waals surface area contributed by atoms with Gasteiger partial charge in [0.15, 0.2) is 0 Å². The summed E-state index contributed by atoms with van der Waals surface area (Å²) in [5.74, 6) is 0.431. The second-order valence-electron chi connectivity index (χ2n) is 5.79. The third-order valence-corrected chi connectivity index (χ3v) is 4.48. The third kappa shape index (κ3) is 3.80. The summed E-state index contributed by atoms with van der Waals surface area (Å²) < 4.78 is 0. The lowest BCUT2D eigenvalue weighted by atomic mass is 9.80. The molecule has 3 unspecified atom stereocenters. The fraction of sp³-hybridized carbons (Fsp3) is 0.800. The van der Waals surface area contributed by atoms with Crippen molar-refractivity contribution in [3.05, 3.63) is 12.7 Å². The molecule has 1 heterocycles. The molecular formula is C15H26N2O2. The number of carbonyl (C=O) groups excluding carboxylic acids is 1. The van der Waals surface area contributed by atoms with Crippen LogP contribution < -0.4 is 5.32 Å². The lowest BCUT2D eigenvalue weighted by molar-refractivity contribution is -0.122. The van der Waals surface area contributed by atoms with Crippen molar-refractivity contribution in [2.75, 3.05) is 19.6 Å². The molecule has 1 amide bonds. The Kier molecular flexibility index (Phi) is 5.40. The zero-order chi connectivity index (χ0) is 13.7. The van der Waals surface area contributed by atoms with Gasteiger partial charge < -0.3 is 10.4 Å². The topological polar surface area (TPSA) is 52.6 Å². The largest absolute Gasteiger partial charge is 0.393 e. The summed E-state index contributed by atoms with van der Waals surface area (Å²) in [7, 11) is 0. The molecule has 2 rings (SSSR count). The van der Waals surface area contributed by atoms with Gasteiger partial charge in [0.25, 0.3) is 0 Å². The molecular weight excluding hydrogens is 240 g/mol. The molecule has 0 bridgehead atoms. The smallest absolute Gasteiger partial charge is 0.234 e. The number of likely N-dealkylation sites (tertiary alicyclic amines) is 1. The lowest BCUT2D eigenvalue weighted by Crippen LogP contribution is -2.46. The Morgan fingerprint density at radius 1 is 1.32 bits per heavy atom. The van der Waals surface area contributed by atoms with Crippen LogP contribution in [0.1, 0.15) is 38.5 Å². The van der Waals surface area contributed by atoms with E-state index in [0.29, 0.717) is 25.0 Å². The second-order valence-corrected chi connectivity index (χ2v) is 5.79. The minimum atomic E-state index is -0.171. The molecule has 4 nitrogen and oxygen atoms in total. The Hall–Kier alpha value is -0.870. The van der Waals surface area contributed by atoms with Crippen LogP contribution >= 0.6 is 0 Å². The molecule has 19 heavy (non-hydrogen) atoms. The highest BCUT2D eigenvalue weighted by atomic mass is 16.3. The number of aliphatic hydroxyl groups excluding tert-OH is 1. The normalized spacial score (nSPS) is 32.2. The fourth-order valence-electron chi connectivity index (χ4n) is 3.55. The highest BCUT2D eigenvalue weighted by Crippen LogP contribution is 2.34. The van der Waals surface area contributed by atoms with Gasteiger partial charge in [-0.25, -0.2) is 0 Å². The quantitative estimate of drug-likeness (QED) is 0.738. The Labute approximate surface area is 115 Å². The third-order valence-electron chi connectivity index (χ3n) is 4.48. The van der Waals surface area contributed by atoms with E-state index < -0.39 is 0 Å². The van der Waals surface area contributed by atoms with E-state index in [1.54, 1.807) is 6.08 Å². The maximum absolute atomic E-state index is 11.8. The number of nitrogens with zero attached hydrogens (tertiary/aromatic N) is 1. The van der Waals surface area contributed by atoms with Crippen LogP contribution in [-0.2, 0) is 4.79 Å². The van der Waals surface area contributed by atoms with Gasteiger partial charge in [0.2, 0.25) is 5.91 Å². The molecule has 0 aromatic rings. The van der Waals surface area contributed by atoms with E-state index in [4.69, 9.17) is 0 Å². The van der Waals surface area contributed by atoms with Crippen LogP contribution in [0.2, 0.25) is 0 Å². The monoisotopic (exact) mass is 266 g/mol. The van der Waals surface area contributed by atoms with E-state index in [1.165, 1.54) is 6.42 Å². The Balaban J connectivity index is 1.88. The first-order valence-electron chi connectivity index (χ1n) is 7.52. The van der Waals surface area contributed by atoms with Crippen molar-refractivity contribution < 1.29 is 9.90 Å². The van der Waals surface area contributed by atoms with E-state index in [0.717, 1.165) is 38.6 Å². The Morgan fingerprint density at radius 2 is 2.11 bits per heavy atom. The molecule has 3 atom stereocenters. The van der Waals surface area contributed by atoms with Crippen LogP contribution in [0.5, 0.6) is 0 Å². The van der Waals surface area contributed by atoms with Gasteiger partial charge in [-0.05, 0) is 32.2 Å². The fourth-order valence-corrected chi connectivity index (χ4v) is 3.55. The van der Waals surface area contributed by atoms with Gasteiger partial charge in [-0.2, -0.15) is 0 Å². The lowest BCUT2D eigenvalue weighted by Gasteiger charge is -2.36. The molecule has 2 fully saturated rings. The molecule has 4 heteroatoms. The average Bonchev–Trinajstić information content (AvgIpc) is 2.85. The zero-order valence-corrected chi connectivity index (χ0v) is 11.7. The molecule has 0 radical (unpaired) electrons. The van der Waals surface area contributed by atoms with Gasteiger partial charge in [-0.15, -0.1) is 6.58 Å². The van der Waals surface area contributed by atoms with Gasteiger partial charge in [0, 0.05) is 18.5 Å². The summed E-state index contributed by atoms with van der Waals surface area (Å²) in [5.41, 5.74) is 0.